The molecular weight excluding hydrogens is 410 g/mol. The summed E-state index contributed by atoms with van der Waals surface area (Å²) in [6.07, 6.45) is 7.78. The number of carbonyl (C=O) groups is 1. The van der Waals surface area contributed by atoms with E-state index in [4.69, 9.17) is 5.73 Å². The molecule has 4 N–H and O–H groups in total. The van der Waals surface area contributed by atoms with E-state index in [1.807, 2.05) is 48.7 Å². The second-order valence-corrected chi connectivity index (χ2v) is 7.99. The van der Waals surface area contributed by atoms with Crippen LogP contribution in [0.15, 0.2) is 73.1 Å². The summed E-state index contributed by atoms with van der Waals surface area (Å²) in [4.78, 5) is 21.8. The average molecular weight is 440 g/mol. The van der Waals surface area contributed by atoms with E-state index in [1.54, 1.807) is 13.2 Å². The van der Waals surface area contributed by atoms with Crippen molar-refractivity contribution in [2.45, 2.75) is 25.7 Å². The lowest BCUT2D eigenvalue weighted by Gasteiger charge is -2.15. The van der Waals surface area contributed by atoms with Crippen molar-refractivity contribution >= 4 is 28.2 Å². The lowest BCUT2D eigenvalue weighted by atomic mass is 10.0. The van der Waals surface area contributed by atoms with Gasteiger partial charge in [0, 0.05) is 41.8 Å². The second kappa shape index (κ2) is 10.7. The van der Waals surface area contributed by atoms with Gasteiger partial charge < -0.3 is 16.4 Å². The number of carbonyl (C=O) groups excluding carboxylic acids is 1. The van der Waals surface area contributed by atoms with Crippen LogP contribution in [0.1, 0.15) is 35.3 Å². The Morgan fingerprint density at radius 1 is 0.909 bits per heavy atom. The Morgan fingerprint density at radius 3 is 2.45 bits per heavy atom. The molecule has 0 spiro atoms. The number of amides is 1. The molecule has 33 heavy (non-hydrogen) atoms. The number of benzene rings is 2. The van der Waals surface area contributed by atoms with Crippen LogP contribution >= 0.6 is 0 Å². The Bertz CT molecular complexity index is 1220. The Balaban J connectivity index is 1.69. The molecule has 0 atom stereocenters. The first kappa shape index (κ1) is 22.4. The topological polar surface area (TPSA) is 92.9 Å². The number of unbranched alkanes of at least 4 members (excludes halogenated alkanes) is 2. The van der Waals surface area contributed by atoms with Gasteiger partial charge in [-0.2, -0.15) is 0 Å². The third-order valence-corrected chi connectivity index (χ3v) is 5.68. The molecule has 2 heterocycles. The summed E-state index contributed by atoms with van der Waals surface area (Å²) >= 11 is 0. The minimum Gasteiger partial charge on any atom is -0.355 e. The molecule has 0 aliphatic heterocycles. The van der Waals surface area contributed by atoms with Gasteiger partial charge in [0.2, 0.25) is 0 Å². The van der Waals surface area contributed by atoms with Gasteiger partial charge in [-0.3, -0.25) is 14.8 Å². The highest BCUT2D eigenvalue weighted by atomic mass is 16.1. The van der Waals surface area contributed by atoms with E-state index in [-0.39, 0.29) is 5.91 Å². The molecule has 1 amide bonds. The standard InChI is InChI=1S/C27H29N5O/c1-29-27(33)24-18-31-25-14-12-19(16-23(25)26(24)32-22-9-4-2-5-10-22)20-11-13-21(30-17-20)8-6-3-7-15-28/h2,4-5,9-14,16-18H,3,6-8,15,28H2,1H3,(H,29,33)(H,31,32). The van der Waals surface area contributed by atoms with Gasteiger partial charge in [0.1, 0.15) is 0 Å². The number of para-hydroxylation sites is 1. The summed E-state index contributed by atoms with van der Waals surface area (Å²) in [5.41, 5.74) is 11.7. The maximum atomic E-state index is 12.6. The van der Waals surface area contributed by atoms with Gasteiger partial charge in [-0.05, 0) is 61.7 Å². The summed E-state index contributed by atoms with van der Waals surface area (Å²) in [5.74, 6) is -0.186. The first-order valence-corrected chi connectivity index (χ1v) is 11.3. The Labute approximate surface area is 194 Å². The van der Waals surface area contributed by atoms with Crippen LogP contribution < -0.4 is 16.4 Å². The van der Waals surface area contributed by atoms with E-state index < -0.39 is 0 Å². The highest BCUT2D eigenvalue weighted by Crippen LogP contribution is 2.32. The number of hydrogen-bond donors (Lipinski definition) is 3. The predicted octanol–water partition coefficient (Wildman–Crippen LogP) is 5.07. The number of hydrogen-bond acceptors (Lipinski definition) is 5. The largest absolute Gasteiger partial charge is 0.355 e. The SMILES string of the molecule is CNC(=O)c1cnc2ccc(-c3ccc(CCCCCN)nc3)cc2c1Nc1ccccc1. The fraction of sp³-hybridized carbons (Fsp3) is 0.222. The minimum atomic E-state index is -0.186. The molecule has 6 heteroatoms. The Morgan fingerprint density at radius 2 is 1.73 bits per heavy atom. The molecule has 0 radical (unpaired) electrons. The lowest BCUT2D eigenvalue weighted by molar-refractivity contribution is 0.0963. The highest BCUT2D eigenvalue weighted by molar-refractivity contribution is 6.08. The van der Waals surface area contributed by atoms with Gasteiger partial charge in [0.05, 0.1) is 16.8 Å². The number of fused-ring (bicyclic) bond motifs is 1. The van der Waals surface area contributed by atoms with Gasteiger partial charge >= 0.3 is 0 Å². The van der Waals surface area contributed by atoms with Crippen molar-refractivity contribution in [2.24, 2.45) is 5.73 Å². The molecule has 4 aromatic rings. The van der Waals surface area contributed by atoms with Crippen molar-refractivity contribution in [3.05, 3.63) is 84.3 Å². The number of rotatable bonds is 9. The van der Waals surface area contributed by atoms with E-state index in [0.29, 0.717) is 5.56 Å². The van der Waals surface area contributed by atoms with E-state index in [1.165, 1.54) is 0 Å². The molecule has 0 saturated carbocycles. The van der Waals surface area contributed by atoms with E-state index >= 15 is 0 Å². The highest BCUT2D eigenvalue weighted by Gasteiger charge is 2.16. The van der Waals surface area contributed by atoms with Crippen LogP contribution in [-0.2, 0) is 6.42 Å². The van der Waals surface area contributed by atoms with Crippen molar-refractivity contribution < 1.29 is 4.79 Å². The second-order valence-electron chi connectivity index (χ2n) is 7.99. The first-order valence-electron chi connectivity index (χ1n) is 11.3. The molecule has 0 bridgehead atoms. The fourth-order valence-corrected chi connectivity index (χ4v) is 3.85. The smallest absolute Gasteiger partial charge is 0.254 e. The minimum absolute atomic E-state index is 0.186. The maximum Gasteiger partial charge on any atom is 0.254 e. The molecular formula is C27H29N5O. The van der Waals surface area contributed by atoms with Crippen molar-refractivity contribution in [1.29, 1.82) is 0 Å². The molecule has 168 valence electrons. The monoisotopic (exact) mass is 439 g/mol. The lowest BCUT2D eigenvalue weighted by Crippen LogP contribution is -2.19. The predicted molar refractivity (Wildman–Crippen MR) is 135 cm³/mol. The summed E-state index contributed by atoms with van der Waals surface area (Å²) in [5, 5.41) is 7.02. The van der Waals surface area contributed by atoms with Crippen molar-refractivity contribution in [2.75, 3.05) is 18.9 Å². The van der Waals surface area contributed by atoms with Gasteiger partial charge in [-0.1, -0.05) is 36.8 Å². The number of pyridine rings is 2. The summed E-state index contributed by atoms with van der Waals surface area (Å²) in [7, 11) is 1.62. The summed E-state index contributed by atoms with van der Waals surface area (Å²) < 4.78 is 0. The van der Waals surface area contributed by atoms with E-state index in [0.717, 1.165) is 71.3 Å². The normalized spacial score (nSPS) is 10.8. The van der Waals surface area contributed by atoms with Crippen LogP contribution in [0.3, 0.4) is 0 Å². The molecule has 0 aliphatic carbocycles. The fourth-order valence-electron chi connectivity index (χ4n) is 3.85. The zero-order valence-electron chi connectivity index (χ0n) is 18.8. The number of anilines is 2. The Kier molecular flexibility index (Phi) is 7.27. The number of nitrogens with one attached hydrogen (secondary N) is 2. The van der Waals surface area contributed by atoms with Crippen molar-refractivity contribution in [3.8, 4) is 11.1 Å². The van der Waals surface area contributed by atoms with Crippen LogP contribution in [-0.4, -0.2) is 29.5 Å². The molecule has 0 saturated heterocycles. The van der Waals surface area contributed by atoms with Gasteiger partial charge in [-0.25, -0.2) is 0 Å². The van der Waals surface area contributed by atoms with E-state index in [9.17, 15) is 4.79 Å². The quantitative estimate of drug-likeness (QED) is 0.317. The maximum absolute atomic E-state index is 12.6. The number of aromatic nitrogens is 2. The third kappa shape index (κ3) is 5.35. The Hall–Kier alpha value is -3.77. The molecule has 0 unspecified atom stereocenters. The number of aryl methyl sites for hydroxylation is 1. The number of nitrogens with zero attached hydrogens (tertiary/aromatic N) is 2. The average Bonchev–Trinajstić information content (AvgIpc) is 2.87. The zero-order chi connectivity index (χ0) is 23.0. The van der Waals surface area contributed by atoms with Crippen LogP contribution in [0.5, 0.6) is 0 Å². The van der Waals surface area contributed by atoms with Gasteiger partial charge in [0.15, 0.2) is 0 Å². The molecule has 6 nitrogen and oxygen atoms in total. The van der Waals surface area contributed by atoms with Gasteiger partial charge in [-0.15, -0.1) is 0 Å². The van der Waals surface area contributed by atoms with Crippen LogP contribution in [0.2, 0.25) is 0 Å². The molecule has 2 aromatic heterocycles. The van der Waals surface area contributed by atoms with Crippen molar-refractivity contribution in [1.82, 2.24) is 15.3 Å². The van der Waals surface area contributed by atoms with Gasteiger partial charge in [0.25, 0.3) is 5.91 Å². The first-order chi connectivity index (χ1) is 16.2. The third-order valence-electron chi connectivity index (χ3n) is 5.68. The summed E-state index contributed by atoms with van der Waals surface area (Å²) in [6, 6.07) is 20.1. The molecule has 0 fully saturated rings. The number of nitrogens with two attached hydrogens (primary N) is 1. The molecule has 2 aromatic carbocycles. The van der Waals surface area contributed by atoms with Crippen LogP contribution in [0.4, 0.5) is 11.4 Å². The van der Waals surface area contributed by atoms with Crippen LogP contribution in [0, 0.1) is 0 Å². The summed E-state index contributed by atoms with van der Waals surface area (Å²) in [6.45, 7) is 0.742. The van der Waals surface area contributed by atoms with Crippen LogP contribution in [0.25, 0.3) is 22.0 Å². The zero-order valence-corrected chi connectivity index (χ0v) is 18.8. The molecule has 4 rings (SSSR count). The van der Waals surface area contributed by atoms with Crippen molar-refractivity contribution in [3.63, 3.8) is 0 Å². The molecule has 0 aliphatic rings. The van der Waals surface area contributed by atoms with E-state index in [2.05, 4.69) is 38.8 Å².